The number of nitrogens with zero attached hydrogens (tertiary/aromatic N) is 3. The zero-order valence-corrected chi connectivity index (χ0v) is 23.5. The first-order valence-electron chi connectivity index (χ1n) is 12.2. The average Bonchev–Trinajstić information content (AvgIpc) is 3.33. The Bertz CT molecular complexity index is 1980. The molecule has 208 valence electrons. The maximum absolute atomic E-state index is 14.0. The fourth-order valence-electron chi connectivity index (χ4n) is 4.72. The number of aromatic nitrogens is 4. The Kier molecular flexibility index (Phi) is 6.74. The van der Waals surface area contributed by atoms with E-state index in [0.717, 1.165) is 22.6 Å². The smallest absolute Gasteiger partial charge is 0.273 e. The fraction of sp³-hybridized carbons (Fsp3) is 0.222. The molecule has 3 heterocycles. The predicted molar refractivity (Wildman–Crippen MR) is 152 cm³/mol. The van der Waals surface area contributed by atoms with Gasteiger partial charge in [-0.15, -0.1) is 0 Å². The van der Waals surface area contributed by atoms with Gasteiger partial charge in [0, 0.05) is 35.3 Å². The summed E-state index contributed by atoms with van der Waals surface area (Å²) >= 11 is 0. The minimum absolute atomic E-state index is 0.0468. The van der Waals surface area contributed by atoms with Gasteiger partial charge in [-0.2, -0.15) is 0 Å². The van der Waals surface area contributed by atoms with Gasteiger partial charge in [0.05, 0.1) is 18.1 Å². The van der Waals surface area contributed by atoms with Crippen molar-refractivity contribution in [2.24, 2.45) is 0 Å². The maximum Gasteiger partial charge on any atom is 0.273 e. The van der Waals surface area contributed by atoms with E-state index in [1.54, 1.807) is 56.3 Å². The van der Waals surface area contributed by atoms with E-state index in [9.17, 15) is 26.0 Å². The Morgan fingerprint density at radius 2 is 1.85 bits per heavy atom. The molecule has 0 bridgehead atoms. The van der Waals surface area contributed by atoms with Crippen LogP contribution in [-0.4, -0.2) is 46.8 Å². The summed E-state index contributed by atoms with van der Waals surface area (Å²) in [5.74, 6) is -0.654. The van der Waals surface area contributed by atoms with Crippen molar-refractivity contribution in [3.05, 3.63) is 100 Å². The van der Waals surface area contributed by atoms with Crippen molar-refractivity contribution >= 4 is 48.0 Å². The maximum atomic E-state index is 14.0. The summed E-state index contributed by atoms with van der Waals surface area (Å²) in [6.07, 6.45) is 9.59. The molecule has 0 amide bonds. The van der Waals surface area contributed by atoms with E-state index in [1.807, 2.05) is 0 Å². The topological polar surface area (TPSA) is 144 Å². The molecule has 0 aliphatic heterocycles. The first-order valence-corrected chi connectivity index (χ1v) is 15.7. The minimum atomic E-state index is -4.08. The van der Waals surface area contributed by atoms with E-state index >= 15 is 0 Å². The molecule has 13 heteroatoms. The lowest BCUT2D eigenvalue weighted by Crippen LogP contribution is -2.41. The monoisotopic (exact) mass is 583 g/mol. The summed E-state index contributed by atoms with van der Waals surface area (Å²) in [6, 6.07) is 8.25. The standard InChI is InChI=1S/C27H26FN5O5S2/c1-17-12-20(6-9-27(17,2)40(37,38)33-11-8-19-7-10-29-25(34)24(19)33)22-13-18(16-39(3,35)36)4-5-23(22)32-26-30-14-21(28)15-31-26/h4-8,10-15H,9,16H2,1-3H3,(H,29,34)(H,30,31,32). The van der Waals surface area contributed by atoms with Gasteiger partial charge in [0.1, 0.15) is 10.3 Å². The molecule has 3 aromatic heterocycles. The molecule has 0 spiro atoms. The zero-order chi connectivity index (χ0) is 28.9. The SMILES string of the molecule is CC1=CC(c2cc(CS(C)(=O)=O)ccc2Nc2ncc(F)cn2)=CCC1(C)S(=O)(=O)n1ccc2cc[nH]c(=O)c21. The number of hydrogen-bond acceptors (Lipinski definition) is 8. The minimum Gasteiger partial charge on any atom is -0.327 e. The third-order valence-electron chi connectivity index (χ3n) is 7.01. The molecule has 10 nitrogen and oxygen atoms in total. The summed E-state index contributed by atoms with van der Waals surface area (Å²) in [5, 5.41) is 3.54. The molecule has 5 rings (SSSR count). The van der Waals surface area contributed by atoms with Crippen molar-refractivity contribution in [2.75, 3.05) is 11.6 Å². The second-order valence-electron chi connectivity index (χ2n) is 9.95. The average molecular weight is 584 g/mol. The van der Waals surface area contributed by atoms with Crippen molar-refractivity contribution in [1.82, 2.24) is 18.9 Å². The van der Waals surface area contributed by atoms with Crippen molar-refractivity contribution in [3.8, 4) is 0 Å². The molecule has 0 radical (unpaired) electrons. The van der Waals surface area contributed by atoms with Gasteiger partial charge in [0.15, 0.2) is 15.7 Å². The van der Waals surface area contributed by atoms with Crippen LogP contribution >= 0.6 is 0 Å². The van der Waals surface area contributed by atoms with E-state index in [-0.39, 0.29) is 23.6 Å². The number of H-pyrrole nitrogens is 1. The van der Waals surface area contributed by atoms with Crippen LogP contribution in [0.1, 0.15) is 31.4 Å². The lowest BCUT2D eigenvalue weighted by molar-refractivity contribution is 0.547. The van der Waals surface area contributed by atoms with Crippen LogP contribution in [0.4, 0.5) is 16.0 Å². The Labute approximate surface area is 230 Å². The van der Waals surface area contributed by atoms with Gasteiger partial charge in [-0.1, -0.05) is 18.2 Å². The number of pyridine rings is 1. The highest BCUT2D eigenvalue weighted by Gasteiger charge is 2.43. The van der Waals surface area contributed by atoms with E-state index in [2.05, 4.69) is 20.3 Å². The van der Waals surface area contributed by atoms with E-state index in [4.69, 9.17) is 0 Å². The number of sulfone groups is 1. The number of halogens is 1. The molecular weight excluding hydrogens is 557 g/mol. The summed E-state index contributed by atoms with van der Waals surface area (Å²) in [5.41, 5.74) is 2.37. The molecule has 1 aromatic carbocycles. The van der Waals surface area contributed by atoms with Gasteiger partial charge in [-0.3, -0.25) is 4.79 Å². The second-order valence-corrected chi connectivity index (χ2v) is 14.3. The normalized spacial score (nSPS) is 17.9. The molecule has 40 heavy (non-hydrogen) atoms. The van der Waals surface area contributed by atoms with Gasteiger partial charge in [0.25, 0.3) is 5.56 Å². The van der Waals surface area contributed by atoms with Gasteiger partial charge >= 0.3 is 0 Å². The molecule has 1 aliphatic carbocycles. The molecule has 4 aromatic rings. The van der Waals surface area contributed by atoms with Crippen LogP contribution in [-0.2, 0) is 25.6 Å². The predicted octanol–water partition coefficient (Wildman–Crippen LogP) is 3.92. The highest BCUT2D eigenvalue weighted by molar-refractivity contribution is 7.91. The highest BCUT2D eigenvalue weighted by Crippen LogP contribution is 2.41. The van der Waals surface area contributed by atoms with E-state index in [0.29, 0.717) is 33.3 Å². The second kappa shape index (κ2) is 9.82. The summed E-state index contributed by atoms with van der Waals surface area (Å²) < 4.78 is 64.9. The molecule has 1 aliphatic rings. The first kappa shape index (κ1) is 27.5. The van der Waals surface area contributed by atoms with Crippen molar-refractivity contribution in [3.63, 3.8) is 0 Å². The highest BCUT2D eigenvalue weighted by atomic mass is 32.2. The van der Waals surface area contributed by atoms with Crippen LogP contribution in [0.5, 0.6) is 0 Å². The quantitative estimate of drug-likeness (QED) is 0.333. The number of hydrogen-bond donors (Lipinski definition) is 2. The van der Waals surface area contributed by atoms with Crippen molar-refractivity contribution in [1.29, 1.82) is 0 Å². The molecule has 1 atom stereocenters. The molecule has 0 saturated heterocycles. The third kappa shape index (κ3) is 4.97. The Hall–Kier alpha value is -4.10. The molecule has 0 saturated carbocycles. The third-order valence-corrected chi connectivity index (χ3v) is 10.3. The van der Waals surface area contributed by atoms with Crippen LogP contribution < -0.4 is 10.9 Å². The Morgan fingerprint density at radius 3 is 2.52 bits per heavy atom. The van der Waals surface area contributed by atoms with E-state index in [1.165, 1.54) is 12.4 Å². The van der Waals surface area contributed by atoms with Crippen LogP contribution in [0.2, 0.25) is 0 Å². The Morgan fingerprint density at radius 1 is 1.12 bits per heavy atom. The number of nitrogens with one attached hydrogen (secondary N) is 2. The number of fused-ring (bicyclic) bond motifs is 1. The zero-order valence-electron chi connectivity index (χ0n) is 21.8. The molecule has 1 unspecified atom stereocenters. The van der Waals surface area contributed by atoms with E-state index < -0.39 is 36.0 Å². The number of benzene rings is 1. The van der Waals surface area contributed by atoms with Crippen LogP contribution in [0, 0.1) is 5.82 Å². The van der Waals surface area contributed by atoms with Crippen molar-refractivity contribution < 1.29 is 21.2 Å². The number of anilines is 2. The molecule has 0 fully saturated rings. The summed E-state index contributed by atoms with van der Waals surface area (Å²) in [4.78, 5) is 22.9. The van der Waals surface area contributed by atoms with Crippen molar-refractivity contribution in [2.45, 2.75) is 30.8 Å². The van der Waals surface area contributed by atoms with Gasteiger partial charge in [-0.25, -0.2) is 35.2 Å². The lowest BCUT2D eigenvalue weighted by atomic mass is 9.86. The Balaban J connectivity index is 1.57. The first-order chi connectivity index (χ1) is 18.8. The van der Waals surface area contributed by atoms with Gasteiger partial charge in [-0.05, 0) is 61.2 Å². The largest absolute Gasteiger partial charge is 0.327 e. The number of aromatic amines is 1. The van der Waals surface area contributed by atoms with Crippen LogP contribution in [0.25, 0.3) is 16.5 Å². The fourth-order valence-corrected chi connectivity index (χ4v) is 7.35. The lowest BCUT2D eigenvalue weighted by Gasteiger charge is -2.33. The van der Waals surface area contributed by atoms with Crippen LogP contribution in [0.15, 0.2) is 77.6 Å². The summed E-state index contributed by atoms with van der Waals surface area (Å²) in [7, 11) is -7.41. The summed E-state index contributed by atoms with van der Waals surface area (Å²) in [6.45, 7) is 3.31. The van der Waals surface area contributed by atoms with Crippen LogP contribution in [0.3, 0.4) is 0 Å². The van der Waals surface area contributed by atoms with Gasteiger partial charge < -0.3 is 10.3 Å². The number of rotatable bonds is 7. The number of allylic oxidation sites excluding steroid dienone is 3. The molecular formula is C27H26FN5O5S2. The molecule has 2 N–H and O–H groups in total. The van der Waals surface area contributed by atoms with Gasteiger partial charge in [0.2, 0.25) is 16.0 Å².